The number of unbranched alkanes of at least 4 members (excludes halogenated alkanes) is 3. The average Bonchev–Trinajstić information content (AvgIpc) is 3.37. The predicted octanol–water partition coefficient (Wildman–Crippen LogP) is -1.01. The molecule has 0 aromatic carbocycles. The van der Waals surface area contributed by atoms with Crippen molar-refractivity contribution in [2.75, 3.05) is 25.4 Å². The second-order valence-electron chi connectivity index (χ2n) is 21.6. The molecule has 0 radical (unpaired) electrons. The normalized spacial score (nSPS) is 37.1. The Bertz CT molecular complexity index is 2610. The Kier molecular flexibility index (Phi) is 23.4. The van der Waals surface area contributed by atoms with Crippen LogP contribution in [0.3, 0.4) is 0 Å². The molecule has 5 aliphatic carbocycles. The van der Waals surface area contributed by atoms with Crippen molar-refractivity contribution >= 4 is 68.5 Å². The third-order valence-electron chi connectivity index (χ3n) is 15.6. The lowest BCUT2D eigenvalue weighted by molar-refractivity contribution is -0.186. The summed E-state index contributed by atoms with van der Waals surface area (Å²) in [6.45, 7) is 0.642. The van der Waals surface area contributed by atoms with E-state index in [1.54, 1.807) is 0 Å². The molecule has 39 heteroatoms. The van der Waals surface area contributed by atoms with Crippen molar-refractivity contribution in [2.45, 2.75) is 203 Å². The maximum Gasteiger partial charge on any atom is 0.312 e. The van der Waals surface area contributed by atoms with Crippen LogP contribution in [0.4, 0.5) is 4.79 Å². The van der Waals surface area contributed by atoms with Gasteiger partial charge in [-0.05, 0) is 121 Å². The van der Waals surface area contributed by atoms with Crippen LogP contribution >= 0.6 is 12.0 Å². The van der Waals surface area contributed by atoms with Crippen LogP contribution in [-0.4, -0.2) is 195 Å². The van der Waals surface area contributed by atoms with Gasteiger partial charge in [-0.1, -0.05) is 12.8 Å². The molecule has 1 saturated heterocycles. The maximum atomic E-state index is 12.7. The molecule has 6 rings (SSSR count). The number of nitrogens with zero attached hydrogens (tertiary/aromatic N) is 4. The van der Waals surface area contributed by atoms with Crippen LogP contribution in [0.1, 0.15) is 109 Å². The first-order valence-electron chi connectivity index (χ1n) is 26.3. The Hall–Kier alpha value is -1.91. The molecule has 460 valence electrons. The van der Waals surface area contributed by atoms with Gasteiger partial charge in [-0.25, -0.2) is 13.9 Å². The third kappa shape index (κ3) is 21.0. The summed E-state index contributed by atoms with van der Waals surface area (Å²) in [5.41, 5.74) is 17.7. The van der Waals surface area contributed by atoms with Crippen molar-refractivity contribution in [3.8, 4) is 0 Å². The van der Waals surface area contributed by atoms with Gasteiger partial charge >= 0.3 is 6.03 Å². The van der Waals surface area contributed by atoms with E-state index < -0.39 is 170 Å². The minimum atomic E-state index is -5.72. The summed E-state index contributed by atoms with van der Waals surface area (Å²) in [7, 11) is -25.1. The van der Waals surface area contributed by atoms with Gasteiger partial charge in [-0.3, -0.25) is 63.8 Å². The number of hydrogen-bond donors (Lipinski definition) is 17. The molecule has 1 aliphatic heterocycles. The fraction of sp³-hybridized carbons (Fsp3) is 0.975. The largest absolute Gasteiger partial charge is 0.352 e. The summed E-state index contributed by atoms with van der Waals surface area (Å²) in [4.78, 5) is 17.2. The molecule has 0 aromatic heterocycles. The van der Waals surface area contributed by atoms with Gasteiger partial charge in [0.1, 0.15) is 24.1 Å². The van der Waals surface area contributed by atoms with E-state index in [4.69, 9.17) is 40.1 Å². The highest BCUT2D eigenvalue weighted by atomic mass is 32.3. The molecule has 16 unspecified atom stereocenters. The molecule has 5 saturated carbocycles. The average molecular weight is 1250 g/mol. The quantitative estimate of drug-likeness (QED) is 0.0123. The Morgan fingerprint density at radius 2 is 1.23 bits per heavy atom. The molecule has 79 heavy (non-hydrogen) atoms. The van der Waals surface area contributed by atoms with Crippen molar-refractivity contribution < 1.29 is 83.8 Å². The maximum absolute atomic E-state index is 12.7. The molecule has 0 spiro atoms. The highest BCUT2D eigenvalue weighted by molar-refractivity contribution is 8.05. The molecule has 0 bridgehead atoms. The van der Waals surface area contributed by atoms with E-state index >= 15 is 0 Å². The minimum absolute atomic E-state index is 0.0417. The van der Waals surface area contributed by atoms with Gasteiger partial charge in [0.25, 0.3) is 40.5 Å². The van der Waals surface area contributed by atoms with Crippen LogP contribution in [0.5, 0.6) is 0 Å². The van der Waals surface area contributed by atoms with Gasteiger partial charge in [-0.15, -0.1) is 0 Å². The van der Waals surface area contributed by atoms with Crippen molar-refractivity contribution in [1.82, 2.24) is 37.2 Å². The Labute approximate surface area is 464 Å². The van der Waals surface area contributed by atoms with E-state index in [1.165, 1.54) is 0 Å². The Balaban J connectivity index is 1.12. The molecule has 2 amide bonds. The molecule has 20 N–H and O–H groups in total. The molecular formula is C40H80N14O19S6. The number of primary amides is 1. The van der Waals surface area contributed by atoms with Crippen molar-refractivity contribution in [3.63, 3.8) is 0 Å². The lowest BCUT2D eigenvalue weighted by Crippen LogP contribution is -2.79. The van der Waals surface area contributed by atoms with Crippen LogP contribution in [0.15, 0.2) is 20.5 Å². The van der Waals surface area contributed by atoms with E-state index in [1.807, 2.05) is 0 Å². The fourth-order valence-electron chi connectivity index (χ4n) is 11.7. The van der Waals surface area contributed by atoms with E-state index in [0.29, 0.717) is 51.6 Å². The smallest absolute Gasteiger partial charge is 0.312 e. The number of azo groups is 2. The molecule has 1 heterocycles. The van der Waals surface area contributed by atoms with E-state index in [9.17, 15) is 60.9 Å². The zero-order valence-corrected chi connectivity index (χ0v) is 48.1. The van der Waals surface area contributed by atoms with Gasteiger partial charge < -0.3 is 22.5 Å². The second kappa shape index (κ2) is 27.9. The van der Waals surface area contributed by atoms with Gasteiger partial charge in [0.15, 0.2) is 9.91 Å². The molecule has 6 aliphatic rings. The number of nitrogens with one attached hydrogen (secondary N) is 7. The molecule has 33 nitrogen and oxygen atoms in total. The van der Waals surface area contributed by atoms with Crippen LogP contribution in [0.25, 0.3) is 0 Å². The van der Waals surface area contributed by atoms with Crippen LogP contribution < -0.4 is 54.4 Å². The Morgan fingerprint density at radius 3 is 1.85 bits per heavy atom. The summed E-state index contributed by atoms with van der Waals surface area (Å²) < 4.78 is 184. The number of carbonyl (C=O) groups is 1. The van der Waals surface area contributed by atoms with Crippen molar-refractivity contribution in [3.05, 3.63) is 0 Å². The summed E-state index contributed by atoms with van der Waals surface area (Å²) in [5.74, 6) is -3.42. The summed E-state index contributed by atoms with van der Waals surface area (Å²) in [6.07, 6.45) is 3.27. The zero-order chi connectivity index (χ0) is 58.2. The fourth-order valence-corrected chi connectivity index (χ4v) is 17.3. The van der Waals surface area contributed by atoms with Gasteiger partial charge in [0.2, 0.25) is 0 Å². The lowest BCUT2D eigenvalue weighted by atomic mass is 9.68. The highest BCUT2D eigenvalue weighted by Gasteiger charge is 2.55. The minimum Gasteiger partial charge on any atom is -0.352 e. The number of urea groups is 1. The van der Waals surface area contributed by atoms with Crippen LogP contribution in [0, 0.1) is 11.8 Å². The van der Waals surface area contributed by atoms with Crippen LogP contribution in [0.2, 0.25) is 0 Å². The highest BCUT2D eigenvalue weighted by Crippen LogP contribution is 2.48. The summed E-state index contributed by atoms with van der Waals surface area (Å²) in [6, 6.07) is -6.23. The number of fused-ring (bicyclic) bond motifs is 1. The lowest BCUT2D eigenvalue weighted by Gasteiger charge is -2.46. The topological polar surface area (TPSA) is 542 Å². The molecule has 16 atom stereocenters. The molecule has 6 fully saturated rings. The van der Waals surface area contributed by atoms with E-state index in [-0.39, 0.29) is 49.4 Å². The van der Waals surface area contributed by atoms with Gasteiger partial charge in [0, 0.05) is 35.4 Å². The second-order valence-corrected chi connectivity index (χ2v) is 31.5. The molecule has 0 aromatic rings. The first kappa shape index (κ1) is 66.2. The Morgan fingerprint density at radius 1 is 0.633 bits per heavy atom. The third-order valence-corrected chi connectivity index (χ3v) is 22.6. The predicted molar refractivity (Wildman–Crippen MR) is 287 cm³/mol. The monoisotopic (exact) mass is 1250 g/mol. The number of rotatable bonds is 26. The molecular weight excluding hydrogens is 1170 g/mol. The van der Waals surface area contributed by atoms with E-state index in [2.05, 4.69) is 57.7 Å². The van der Waals surface area contributed by atoms with Gasteiger partial charge in [-0.2, -0.15) is 58.5 Å². The van der Waals surface area contributed by atoms with Crippen molar-refractivity contribution in [2.24, 2.45) is 49.5 Å². The number of carbonyl (C=O) groups excluding carboxylic acids is 1. The zero-order valence-electron chi connectivity index (χ0n) is 43.2. The number of amides is 2. The number of nitrogens with two attached hydrogens (primary N) is 3. The standard InChI is InChI=1S/C40H80N14O19S6/c41-11-3-1-2-4-12-44-38-48-39(50-40(49-38)47-32-20-29(42)36(78(65,66)67)21-33(32)54-51-22-5-8-25(9-6-22)74-73-72-13-14-79(68,69,70)71)45-23-7-10-30(31(16-23)46-37(43)55)53-52-24-15-27-28(34(17-24)76(59,60)61)18-26(75(56,57)58)19-35(27)77(62,63)64/h22-36,38-40,44-45,47-50H,1-21,41-42H2,(H3,43,46,55)(H,56,57,58)(H,59,60,61)(H,62,63,64)(H,65,66,67)(H3,68,69,70,71). The van der Waals surface area contributed by atoms with Crippen LogP contribution in [-0.2, 0) is 59.6 Å². The summed E-state index contributed by atoms with van der Waals surface area (Å²) >= 11 is 0.981. The first-order chi connectivity index (χ1) is 36.7. The van der Waals surface area contributed by atoms with E-state index in [0.717, 1.165) is 37.7 Å². The number of hydrogen-bond acceptors (Lipinski definition) is 25. The first-order valence-corrected chi connectivity index (χ1v) is 35.1. The van der Waals surface area contributed by atoms with Gasteiger partial charge in [0.05, 0.1) is 58.3 Å². The summed E-state index contributed by atoms with van der Waals surface area (Å²) in [5, 5.41) is 35.1. The SMILES string of the molecule is NCCCCCCNC1NC(NC2CCC(N=NC3CC4C(CC(S(=O)(=O)O)CC4S(=O)(=O)O)C(S(=O)(=O)O)C3)C(NC(N)=O)C2)NC(NC2CC(N)C(S(=O)(=O)O)CC2N=NC2CCC(SOOCCS(=O)(O)(O)O)CC2)N1. The van der Waals surface area contributed by atoms with Crippen molar-refractivity contribution in [1.29, 1.82) is 0 Å².